The van der Waals surface area contributed by atoms with Gasteiger partial charge in [0.15, 0.2) is 11.9 Å². The van der Waals surface area contributed by atoms with Crippen LogP contribution in [0.3, 0.4) is 0 Å². The second kappa shape index (κ2) is 8.70. The Balaban J connectivity index is 1.29. The highest BCUT2D eigenvalue weighted by Crippen LogP contribution is 2.30. The topological polar surface area (TPSA) is 59.0 Å². The highest BCUT2D eigenvalue weighted by molar-refractivity contribution is 5.85. The van der Waals surface area contributed by atoms with E-state index < -0.39 is 18.3 Å². The van der Waals surface area contributed by atoms with Gasteiger partial charge in [0.05, 0.1) is 6.54 Å². The number of benzene rings is 2. The van der Waals surface area contributed by atoms with E-state index >= 15 is 0 Å². The van der Waals surface area contributed by atoms with E-state index in [0.29, 0.717) is 37.2 Å². The first-order chi connectivity index (χ1) is 14.4. The molecule has 0 aromatic heterocycles. The van der Waals surface area contributed by atoms with Gasteiger partial charge in [0, 0.05) is 6.54 Å². The molecule has 2 aliphatic heterocycles. The molecule has 0 radical (unpaired) electrons. The molecule has 0 fully saturated rings. The van der Waals surface area contributed by atoms with Crippen molar-refractivity contribution in [2.75, 3.05) is 20.1 Å². The fourth-order valence-electron chi connectivity index (χ4n) is 4.10. The monoisotopic (exact) mass is 417 g/mol. The second-order valence-electron chi connectivity index (χ2n) is 8.07. The predicted octanol–water partition coefficient (Wildman–Crippen LogP) is 2.91. The van der Waals surface area contributed by atoms with E-state index in [0.717, 1.165) is 11.1 Å². The fourth-order valence-corrected chi connectivity index (χ4v) is 4.10. The number of ether oxygens (including phenoxy) is 2. The van der Waals surface area contributed by atoms with Gasteiger partial charge in [0.25, 0.3) is 0 Å². The Bertz CT molecular complexity index is 935. The number of Topliss-reactive ketones (excluding diaryl/α,β-unsaturated/α-hetero) is 1. The quantitative estimate of drug-likeness (QED) is 0.783. The van der Waals surface area contributed by atoms with Crippen LogP contribution in [0.4, 0.5) is 8.78 Å². The number of fused-ring (bicyclic) bond motifs is 2. The van der Waals surface area contributed by atoms with Gasteiger partial charge in [-0.05, 0) is 80.3 Å². The number of aryl methyl sites for hydroxylation is 2. The van der Waals surface area contributed by atoms with Crippen molar-refractivity contribution in [3.05, 3.63) is 59.2 Å². The van der Waals surface area contributed by atoms with Crippen molar-refractivity contribution in [1.29, 1.82) is 0 Å². The zero-order chi connectivity index (χ0) is 21.3. The number of carbonyl (C=O) groups excluding carboxylic acids is 1. The molecular formula is C23H25F2NO4. The van der Waals surface area contributed by atoms with Crippen molar-refractivity contribution in [1.82, 2.24) is 4.90 Å². The number of rotatable bonds is 6. The van der Waals surface area contributed by atoms with Crippen LogP contribution in [-0.4, -0.2) is 54.2 Å². The van der Waals surface area contributed by atoms with Crippen LogP contribution in [0.25, 0.3) is 0 Å². The Morgan fingerprint density at radius 1 is 1.07 bits per heavy atom. The summed E-state index contributed by atoms with van der Waals surface area (Å²) >= 11 is 0. The molecule has 2 aliphatic rings. The number of likely N-dealkylation sites (N-methyl/N-ethyl adjacent to an activating group) is 1. The minimum absolute atomic E-state index is 0.0786. The van der Waals surface area contributed by atoms with Gasteiger partial charge in [-0.3, -0.25) is 9.69 Å². The van der Waals surface area contributed by atoms with E-state index in [4.69, 9.17) is 9.47 Å². The van der Waals surface area contributed by atoms with E-state index in [2.05, 4.69) is 0 Å². The Morgan fingerprint density at radius 3 is 2.33 bits per heavy atom. The molecule has 2 aromatic rings. The number of aliphatic hydroxyl groups is 1. The zero-order valence-electron chi connectivity index (χ0n) is 16.8. The minimum atomic E-state index is -0.781. The standard InChI is InChI=1S/C23H25F2NO4/c1-26(12-18(27)22-6-2-14-10-16(24)4-8-20(14)29-22)13-19(28)23-7-3-15-11-17(25)5-9-21(15)30-23/h4-5,8-11,18,22-23,27H,2-3,6-7,12-13H2,1H3/t18?,22-,23+/m0/s1. The fraction of sp³-hybridized carbons (Fsp3) is 0.435. The smallest absolute Gasteiger partial charge is 0.187 e. The van der Waals surface area contributed by atoms with Crippen molar-refractivity contribution in [2.45, 2.75) is 44.0 Å². The number of nitrogens with zero attached hydrogens (tertiary/aromatic N) is 1. The molecule has 1 N–H and O–H groups in total. The molecule has 0 spiro atoms. The third-order valence-electron chi connectivity index (χ3n) is 5.68. The van der Waals surface area contributed by atoms with Gasteiger partial charge in [0.1, 0.15) is 35.3 Å². The molecule has 5 nitrogen and oxygen atoms in total. The lowest BCUT2D eigenvalue weighted by Crippen LogP contribution is -2.45. The lowest BCUT2D eigenvalue weighted by molar-refractivity contribution is -0.127. The number of carbonyl (C=O) groups is 1. The number of ketones is 1. The maximum absolute atomic E-state index is 13.3. The third kappa shape index (κ3) is 4.63. The molecule has 3 atom stereocenters. The molecule has 0 saturated carbocycles. The molecule has 160 valence electrons. The first-order valence-corrected chi connectivity index (χ1v) is 10.2. The number of halogens is 2. The van der Waals surface area contributed by atoms with Crippen LogP contribution in [0.2, 0.25) is 0 Å². The molecule has 0 saturated heterocycles. The van der Waals surface area contributed by atoms with Crippen LogP contribution < -0.4 is 9.47 Å². The van der Waals surface area contributed by atoms with Gasteiger partial charge < -0.3 is 14.6 Å². The molecule has 1 unspecified atom stereocenters. The second-order valence-corrected chi connectivity index (χ2v) is 8.07. The van der Waals surface area contributed by atoms with Gasteiger partial charge >= 0.3 is 0 Å². The molecule has 4 rings (SSSR count). The highest BCUT2D eigenvalue weighted by atomic mass is 19.1. The molecule has 0 bridgehead atoms. The molecule has 7 heteroatoms. The van der Waals surface area contributed by atoms with E-state index in [1.807, 2.05) is 0 Å². The summed E-state index contributed by atoms with van der Waals surface area (Å²) < 4.78 is 38.2. The summed E-state index contributed by atoms with van der Waals surface area (Å²) in [7, 11) is 1.76. The summed E-state index contributed by atoms with van der Waals surface area (Å²) in [6.45, 7) is 0.397. The molecule has 0 amide bonds. The molecule has 0 aliphatic carbocycles. The van der Waals surface area contributed by atoms with Gasteiger partial charge in [-0.1, -0.05) is 0 Å². The average Bonchev–Trinajstić information content (AvgIpc) is 2.72. The van der Waals surface area contributed by atoms with Crippen molar-refractivity contribution in [3.63, 3.8) is 0 Å². The van der Waals surface area contributed by atoms with Crippen molar-refractivity contribution in [3.8, 4) is 11.5 Å². The van der Waals surface area contributed by atoms with Gasteiger partial charge in [-0.15, -0.1) is 0 Å². The molecule has 2 aromatic carbocycles. The molecular weight excluding hydrogens is 392 g/mol. The van der Waals surface area contributed by atoms with Crippen LogP contribution >= 0.6 is 0 Å². The number of hydrogen-bond donors (Lipinski definition) is 1. The van der Waals surface area contributed by atoms with E-state index in [9.17, 15) is 18.7 Å². The van der Waals surface area contributed by atoms with Gasteiger partial charge in [0.2, 0.25) is 0 Å². The maximum atomic E-state index is 13.3. The third-order valence-corrected chi connectivity index (χ3v) is 5.68. The van der Waals surface area contributed by atoms with Crippen LogP contribution in [0.5, 0.6) is 11.5 Å². The summed E-state index contributed by atoms with van der Waals surface area (Å²) in [6.07, 6.45) is 0.544. The summed E-state index contributed by atoms with van der Waals surface area (Å²) in [6, 6.07) is 8.71. The first-order valence-electron chi connectivity index (χ1n) is 10.2. The lowest BCUT2D eigenvalue weighted by Gasteiger charge is -2.32. The summed E-state index contributed by atoms with van der Waals surface area (Å²) in [5.74, 6) is 0.455. The average molecular weight is 417 g/mol. The largest absolute Gasteiger partial charge is 0.487 e. The minimum Gasteiger partial charge on any atom is -0.487 e. The van der Waals surface area contributed by atoms with Crippen molar-refractivity contribution < 1.29 is 28.2 Å². The Hall–Kier alpha value is -2.51. The predicted molar refractivity (Wildman–Crippen MR) is 107 cm³/mol. The van der Waals surface area contributed by atoms with Gasteiger partial charge in [-0.2, -0.15) is 0 Å². The lowest BCUT2D eigenvalue weighted by atomic mass is 9.98. The van der Waals surface area contributed by atoms with Gasteiger partial charge in [-0.25, -0.2) is 8.78 Å². The Kier molecular flexibility index (Phi) is 6.01. The molecule has 2 heterocycles. The normalized spacial score (nSPS) is 21.2. The zero-order valence-corrected chi connectivity index (χ0v) is 16.8. The van der Waals surface area contributed by atoms with Crippen LogP contribution in [0.1, 0.15) is 24.0 Å². The summed E-state index contributed by atoms with van der Waals surface area (Å²) in [5, 5.41) is 10.6. The number of aliphatic hydroxyl groups excluding tert-OH is 1. The first kappa shape index (κ1) is 20.8. The van der Waals surface area contributed by atoms with Crippen molar-refractivity contribution >= 4 is 5.78 Å². The highest BCUT2D eigenvalue weighted by Gasteiger charge is 2.30. The Morgan fingerprint density at radius 2 is 1.67 bits per heavy atom. The SMILES string of the molecule is CN(CC(=O)[C@H]1CCc2cc(F)ccc2O1)CC(O)[C@@H]1CCc2cc(F)ccc2O1. The maximum Gasteiger partial charge on any atom is 0.187 e. The van der Waals surface area contributed by atoms with Crippen LogP contribution in [-0.2, 0) is 17.6 Å². The van der Waals surface area contributed by atoms with Crippen LogP contribution in [0, 0.1) is 11.6 Å². The number of hydrogen-bond acceptors (Lipinski definition) is 5. The van der Waals surface area contributed by atoms with Crippen molar-refractivity contribution in [2.24, 2.45) is 0 Å². The van der Waals surface area contributed by atoms with E-state index in [1.54, 1.807) is 24.1 Å². The van der Waals surface area contributed by atoms with E-state index in [1.165, 1.54) is 24.3 Å². The Labute approximate surface area is 174 Å². The summed E-state index contributed by atoms with van der Waals surface area (Å²) in [4.78, 5) is 14.4. The van der Waals surface area contributed by atoms with Crippen LogP contribution in [0.15, 0.2) is 36.4 Å². The summed E-state index contributed by atoms with van der Waals surface area (Å²) in [5.41, 5.74) is 1.58. The molecule has 30 heavy (non-hydrogen) atoms. The van der Waals surface area contributed by atoms with E-state index in [-0.39, 0.29) is 30.5 Å².